The SMILES string of the molecule is COCCCS(=O)(=O)N1CC(C(=O)O)C1. The molecule has 0 unspecified atom stereocenters. The van der Waals surface area contributed by atoms with Crippen molar-refractivity contribution in [3.8, 4) is 0 Å². The van der Waals surface area contributed by atoms with Crippen LogP contribution in [0.15, 0.2) is 0 Å². The number of rotatable bonds is 6. The Balaban J connectivity index is 2.35. The van der Waals surface area contributed by atoms with E-state index in [4.69, 9.17) is 9.84 Å². The Hall–Kier alpha value is -0.660. The standard InChI is InChI=1S/C8H15NO5S/c1-14-3-2-4-15(12,13)9-5-7(6-9)8(10)11/h7H,2-6H2,1H3,(H,10,11). The van der Waals surface area contributed by atoms with Gasteiger partial charge in [0, 0.05) is 26.8 Å². The van der Waals surface area contributed by atoms with Gasteiger partial charge in [0.25, 0.3) is 0 Å². The van der Waals surface area contributed by atoms with E-state index in [0.717, 1.165) is 0 Å². The molecule has 0 aromatic rings. The third-order valence-corrected chi connectivity index (χ3v) is 4.23. The van der Waals surface area contributed by atoms with Gasteiger partial charge in [0.05, 0.1) is 11.7 Å². The first kappa shape index (κ1) is 12.4. The number of carbonyl (C=O) groups is 1. The van der Waals surface area contributed by atoms with Gasteiger partial charge in [0.15, 0.2) is 0 Å². The summed E-state index contributed by atoms with van der Waals surface area (Å²) in [6.07, 6.45) is 0.438. The zero-order chi connectivity index (χ0) is 11.5. The topological polar surface area (TPSA) is 83.9 Å². The highest BCUT2D eigenvalue weighted by atomic mass is 32.2. The molecular weight excluding hydrogens is 222 g/mol. The summed E-state index contributed by atoms with van der Waals surface area (Å²) in [6, 6.07) is 0. The fourth-order valence-corrected chi connectivity index (χ4v) is 2.89. The van der Waals surface area contributed by atoms with Crippen LogP contribution in [0.2, 0.25) is 0 Å². The smallest absolute Gasteiger partial charge is 0.309 e. The number of carboxylic acids is 1. The second-order valence-corrected chi connectivity index (χ2v) is 5.60. The second-order valence-electron chi connectivity index (χ2n) is 3.51. The van der Waals surface area contributed by atoms with E-state index in [0.29, 0.717) is 13.0 Å². The summed E-state index contributed by atoms with van der Waals surface area (Å²) in [5.74, 6) is -1.45. The molecule has 88 valence electrons. The van der Waals surface area contributed by atoms with E-state index < -0.39 is 21.9 Å². The number of nitrogens with zero attached hydrogens (tertiary/aromatic N) is 1. The molecule has 0 aromatic carbocycles. The van der Waals surface area contributed by atoms with E-state index in [1.165, 1.54) is 11.4 Å². The molecule has 0 aromatic heterocycles. The molecule has 0 spiro atoms. The Morgan fingerprint density at radius 2 is 2.13 bits per heavy atom. The number of ether oxygens (including phenoxy) is 1. The Morgan fingerprint density at radius 1 is 1.53 bits per heavy atom. The molecule has 0 radical (unpaired) electrons. The Labute approximate surface area is 88.9 Å². The number of methoxy groups -OCH3 is 1. The summed E-state index contributed by atoms with van der Waals surface area (Å²) >= 11 is 0. The fraction of sp³-hybridized carbons (Fsp3) is 0.875. The van der Waals surface area contributed by atoms with Crippen LogP contribution in [0.5, 0.6) is 0 Å². The van der Waals surface area contributed by atoms with Gasteiger partial charge in [-0.2, -0.15) is 0 Å². The zero-order valence-electron chi connectivity index (χ0n) is 8.55. The largest absolute Gasteiger partial charge is 0.481 e. The van der Waals surface area contributed by atoms with Gasteiger partial charge in [-0.25, -0.2) is 12.7 Å². The van der Waals surface area contributed by atoms with Crippen LogP contribution in [-0.2, 0) is 19.6 Å². The number of aliphatic carboxylic acids is 1. The van der Waals surface area contributed by atoms with Crippen LogP contribution in [0.3, 0.4) is 0 Å². The minimum absolute atomic E-state index is 0.0210. The highest BCUT2D eigenvalue weighted by Gasteiger charge is 2.39. The molecule has 15 heavy (non-hydrogen) atoms. The van der Waals surface area contributed by atoms with Crippen LogP contribution in [0.25, 0.3) is 0 Å². The molecule has 1 heterocycles. The van der Waals surface area contributed by atoms with Crippen LogP contribution in [-0.4, -0.2) is 56.4 Å². The average Bonchev–Trinajstić information content (AvgIpc) is 1.99. The van der Waals surface area contributed by atoms with Crippen molar-refractivity contribution in [3.63, 3.8) is 0 Å². The van der Waals surface area contributed by atoms with Crippen LogP contribution in [0.1, 0.15) is 6.42 Å². The maximum absolute atomic E-state index is 11.5. The van der Waals surface area contributed by atoms with Crippen molar-refractivity contribution < 1.29 is 23.1 Å². The van der Waals surface area contributed by atoms with Crippen LogP contribution in [0, 0.1) is 5.92 Å². The van der Waals surface area contributed by atoms with Crippen molar-refractivity contribution in [1.29, 1.82) is 0 Å². The number of hydrogen-bond donors (Lipinski definition) is 1. The molecule has 0 bridgehead atoms. The van der Waals surface area contributed by atoms with Gasteiger partial charge in [-0.1, -0.05) is 0 Å². The fourth-order valence-electron chi connectivity index (χ4n) is 1.34. The number of carboxylic acid groups (broad SMARTS) is 1. The van der Waals surface area contributed by atoms with E-state index in [9.17, 15) is 13.2 Å². The normalized spacial score (nSPS) is 18.7. The lowest BCUT2D eigenvalue weighted by Crippen LogP contribution is -2.53. The summed E-state index contributed by atoms with van der Waals surface area (Å²) < 4.78 is 29.0. The lowest BCUT2D eigenvalue weighted by Gasteiger charge is -2.35. The summed E-state index contributed by atoms with van der Waals surface area (Å²) in [5, 5.41) is 8.59. The molecule has 0 amide bonds. The first-order chi connectivity index (χ1) is 6.97. The van der Waals surface area contributed by atoms with Gasteiger partial charge in [0.2, 0.25) is 10.0 Å². The van der Waals surface area contributed by atoms with E-state index in [-0.39, 0.29) is 18.8 Å². The van der Waals surface area contributed by atoms with Crippen molar-refractivity contribution in [2.45, 2.75) is 6.42 Å². The van der Waals surface area contributed by atoms with Gasteiger partial charge < -0.3 is 9.84 Å². The van der Waals surface area contributed by atoms with Gasteiger partial charge in [-0.15, -0.1) is 0 Å². The predicted octanol–water partition coefficient (Wildman–Crippen LogP) is -0.631. The van der Waals surface area contributed by atoms with Crippen molar-refractivity contribution in [3.05, 3.63) is 0 Å². The van der Waals surface area contributed by atoms with E-state index >= 15 is 0 Å². The molecule has 7 heteroatoms. The molecule has 0 aliphatic carbocycles. The Morgan fingerprint density at radius 3 is 2.60 bits per heavy atom. The molecule has 1 fully saturated rings. The van der Waals surface area contributed by atoms with Crippen LogP contribution in [0.4, 0.5) is 0 Å². The maximum Gasteiger partial charge on any atom is 0.309 e. The molecule has 0 saturated carbocycles. The molecule has 1 aliphatic heterocycles. The number of hydrogen-bond acceptors (Lipinski definition) is 4. The summed E-state index contributed by atoms with van der Waals surface area (Å²) in [4.78, 5) is 10.5. The van der Waals surface area contributed by atoms with E-state index in [1.807, 2.05) is 0 Å². The zero-order valence-corrected chi connectivity index (χ0v) is 9.37. The molecule has 1 N–H and O–H groups in total. The highest BCUT2D eigenvalue weighted by molar-refractivity contribution is 7.89. The molecule has 0 atom stereocenters. The molecule has 1 rings (SSSR count). The quantitative estimate of drug-likeness (QED) is 0.622. The van der Waals surface area contributed by atoms with E-state index in [2.05, 4.69) is 0 Å². The predicted molar refractivity (Wildman–Crippen MR) is 53.0 cm³/mol. The van der Waals surface area contributed by atoms with Crippen LogP contribution < -0.4 is 0 Å². The minimum Gasteiger partial charge on any atom is -0.481 e. The first-order valence-electron chi connectivity index (χ1n) is 4.67. The minimum atomic E-state index is -3.27. The summed E-state index contributed by atoms with van der Waals surface area (Å²) in [6.45, 7) is 0.602. The van der Waals surface area contributed by atoms with Crippen LogP contribution >= 0.6 is 0 Å². The monoisotopic (exact) mass is 237 g/mol. The van der Waals surface area contributed by atoms with Crippen molar-refractivity contribution in [1.82, 2.24) is 4.31 Å². The number of sulfonamides is 1. The molecule has 1 saturated heterocycles. The lowest BCUT2D eigenvalue weighted by atomic mass is 10.0. The average molecular weight is 237 g/mol. The Bertz CT molecular complexity index is 320. The van der Waals surface area contributed by atoms with Gasteiger partial charge in [0.1, 0.15) is 0 Å². The second kappa shape index (κ2) is 4.91. The van der Waals surface area contributed by atoms with Gasteiger partial charge >= 0.3 is 5.97 Å². The van der Waals surface area contributed by atoms with Gasteiger partial charge in [-0.3, -0.25) is 4.79 Å². The molecular formula is C8H15NO5S. The third-order valence-electron chi connectivity index (χ3n) is 2.34. The third kappa shape index (κ3) is 3.15. The molecule has 6 nitrogen and oxygen atoms in total. The Kier molecular flexibility index (Phi) is 4.06. The lowest BCUT2D eigenvalue weighted by molar-refractivity contribution is -0.145. The molecule has 1 aliphatic rings. The van der Waals surface area contributed by atoms with Crippen molar-refractivity contribution in [2.24, 2.45) is 5.92 Å². The maximum atomic E-state index is 11.5. The van der Waals surface area contributed by atoms with E-state index in [1.54, 1.807) is 0 Å². The van der Waals surface area contributed by atoms with Gasteiger partial charge in [-0.05, 0) is 6.42 Å². The highest BCUT2D eigenvalue weighted by Crippen LogP contribution is 2.20. The first-order valence-corrected chi connectivity index (χ1v) is 6.28. The van der Waals surface area contributed by atoms with Crippen molar-refractivity contribution >= 4 is 16.0 Å². The summed E-state index contributed by atoms with van der Waals surface area (Å²) in [7, 11) is -1.76. The van der Waals surface area contributed by atoms with Crippen molar-refractivity contribution in [2.75, 3.05) is 32.6 Å². The summed E-state index contributed by atoms with van der Waals surface area (Å²) in [5.41, 5.74) is 0.